The van der Waals surface area contributed by atoms with Crippen molar-refractivity contribution in [3.63, 3.8) is 0 Å². The minimum Gasteiger partial charge on any atom is -0.359 e. The molecule has 0 aliphatic carbocycles. The van der Waals surface area contributed by atoms with Crippen LogP contribution in [0.5, 0.6) is 0 Å². The van der Waals surface area contributed by atoms with Crippen molar-refractivity contribution in [3.05, 3.63) is 66.6 Å². The number of nitrogens with zero attached hydrogens (tertiary/aromatic N) is 3. The summed E-state index contributed by atoms with van der Waals surface area (Å²) in [6.07, 6.45) is 6.81. The van der Waals surface area contributed by atoms with Gasteiger partial charge in [0.15, 0.2) is 0 Å². The molecule has 0 atom stereocenters. The van der Waals surface area contributed by atoms with Gasteiger partial charge in [0, 0.05) is 41.9 Å². The summed E-state index contributed by atoms with van der Waals surface area (Å²) in [6, 6.07) is 14.7. The molecule has 0 saturated carbocycles. The van der Waals surface area contributed by atoms with E-state index >= 15 is 0 Å². The number of aromatic amines is 1. The van der Waals surface area contributed by atoms with E-state index in [9.17, 15) is 4.79 Å². The van der Waals surface area contributed by atoms with Crippen LogP contribution in [0.4, 0.5) is 5.69 Å². The van der Waals surface area contributed by atoms with Gasteiger partial charge in [-0.25, -0.2) is 4.68 Å². The lowest BCUT2D eigenvalue weighted by molar-refractivity contribution is -0.124. The van der Waals surface area contributed by atoms with Crippen LogP contribution in [0.1, 0.15) is 12.5 Å². The van der Waals surface area contributed by atoms with Crippen LogP contribution in [-0.2, 0) is 11.2 Å². The highest BCUT2D eigenvalue weighted by Gasteiger charge is 2.30. The van der Waals surface area contributed by atoms with Crippen molar-refractivity contribution in [2.24, 2.45) is 5.92 Å². The molecule has 5 rings (SSSR count). The summed E-state index contributed by atoms with van der Waals surface area (Å²) in [6.45, 7) is 3.79. The van der Waals surface area contributed by atoms with Gasteiger partial charge >= 0.3 is 0 Å². The van der Waals surface area contributed by atoms with Crippen LogP contribution in [0.15, 0.2) is 61.1 Å². The zero-order valence-electron chi connectivity index (χ0n) is 17.2. The van der Waals surface area contributed by atoms with Crippen molar-refractivity contribution in [2.75, 3.05) is 25.5 Å². The second-order valence-corrected chi connectivity index (χ2v) is 8.06. The SMILES string of the molecule is CCc1ccc(-n2cc(-c3ccc4[nH]cc(NC(=O)C5CN(C)C5)c4c3)cn2)cc1. The van der Waals surface area contributed by atoms with Crippen LogP contribution in [0.25, 0.3) is 27.7 Å². The largest absolute Gasteiger partial charge is 0.359 e. The smallest absolute Gasteiger partial charge is 0.230 e. The maximum atomic E-state index is 12.5. The number of fused-ring (bicyclic) bond motifs is 1. The number of hydrogen-bond acceptors (Lipinski definition) is 3. The van der Waals surface area contributed by atoms with Crippen molar-refractivity contribution < 1.29 is 4.79 Å². The lowest BCUT2D eigenvalue weighted by Crippen LogP contribution is -2.49. The standard InChI is InChI=1S/C24H25N5O/c1-3-16-4-7-20(8-5-16)29-15-18(11-26-29)17-6-9-22-21(10-17)23(12-25-22)27-24(30)19-13-28(2)14-19/h4-12,15,19,25H,3,13-14H2,1-2H3,(H,27,30). The molecule has 1 aliphatic heterocycles. The van der Waals surface area contributed by atoms with Crippen LogP contribution in [0, 0.1) is 5.92 Å². The lowest BCUT2D eigenvalue weighted by Gasteiger charge is -2.34. The van der Waals surface area contributed by atoms with Crippen molar-refractivity contribution in [2.45, 2.75) is 13.3 Å². The molecule has 6 heteroatoms. The zero-order valence-corrected chi connectivity index (χ0v) is 17.2. The fraction of sp³-hybridized carbons (Fsp3) is 0.250. The Hall–Kier alpha value is -3.38. The van der Waals surface area contributed by atoms with Gasteiger partial charge in [0.2, 0.25) is 5.91 Å². The molecular weight excluding hydrogens is 374 g/mol. The van der Waals surface area contributed by atoms with Crippen molar-refractivity contribution in [1.29, 1.82) is 0 Å². The molecule has 2 N–H and O–H groups in total. The highest BCUT2D eigenvalue weighted by Crippen LogP contribution is 2.30. The third-order valence-electron chi connectivity index (χ3n) is 5.90. The minimum absolute atomic E-state index is 0.0699. The normalized spacial score (nSPS) is 14.7. The maximum absolute atomic E-state index is 12.5. The van der Waals surface area contributed by atoms with Crippen molar-refractivity contribution >= 4 is 22.5 Å². The molecule has 0 spiro atoms. The van der Waals surface area contributed by atoms with Crippen LogP contribution in [-0.4, -0.2) is 45.7 Å². The van der Waals surface area contributed by atoms with Crippen LogP contribution in [0.3, 0.4) is 0 Å². The summed E-state index contributed by atoms with van der Waals surface area (Å²) in [5.41, 5.74) is 6.29. The predicted octanol–water partition coefficient (Wildman–Crippen LogP) is 4.08. The summed E-state index contributed by atoms with van der Waals surface area (Å²) in [4.78, 5) is 17.9. The Balaban J connectivity index is 1.41. The number of carbonyl (C=O) groups is 1. The molecule has 3 heterocycles. The van der Waals surface area contributed by atoms with E-state index in [1.165, 1.54) is 5.56 Å². The van der Waals surface area contributed by atoms with Crippen molar-refractivity contribution in [1.82, 2.24) is 19.7 Å². The Morgan fingerprint density at radius 1 is 1.17 bits per heavy atom. The summed E-state index contributed by atoms with van der Waals surface area (Å²) < 4.78 is 1.89. The molecule has 2 aromatic carbocycles. The second kappa shape index (κ2) is 7.46. The number of likely N-dealkylation sites (tertiary alicyclic amines) is 1. The van der Waals surface area contributed by atoms with Gasteiger partial charge in [-0.2, -0.15) is 5.10 Å². The molecule has 30 heavy (non-hydrogen) atoms. The number of benzene rings is 2. The minimum atomic E-state index is 0.0699. The first-order valence-corrected chi connectivity index (χ1v) is 10.4. The molecule has 0 bridgehead atoms. The highest BCUT2D eigenvalue weighted by atomic mass is 16.2. The number of rotatable bonds is 5. The number of amides is 1. The molecule has 4 aromatic rings. The number of H-pyrrole nitrogens is 1. The van der Waals surface area contributed by atoms with E-state index in [2.05, 4.69) is 63.6 Å². The average molecular weight is 399 g/mol. The quantitative estimate of drug-likeness (QED) is 0.531. The first-order chi connectivity index (χ1) is 14.6. The fourth-order valence-electron chi connectivity index (χ4n) is 4.00. The van der Waals surface area contributed by atoms with Gasteiger partial charge < -0.3 is 15.2 Å². The average Bonchev–Trinajstić information content (AvgIpc) is 3.39. The Labute approximate surface area is 175 Å². The van der Waals surface area contributed by atoms with E-state index < -0.39 is 0 Å². The van der Waals surface area contributed by atoms with Crippen LogP contribution in [0.2, 0.25) is 0 Å². The van der Waals surface area contributed by atoms with E-state index in [4.69, 9.17) is 0 Å². The molecule has 1 amide bonds. The maximum Gasteiger partial charge on any atom is 0.230 e. The molecule has 2 aromatic heterocycles. The predicted molar refractivity (Wildman–Crippen MR) is 120 cm³/mol. The highest BCUT2D eigenvalue weighted by molar-refractivity contribution is 6.03. The number of anilines is 1. The summed E-state index contributed by atoms with van der Waals surface area (Å²) in [5, 5.41) is 8.64. The van der Waals surface area contributed by atoms with Gasteiger partial charge in [0.25, 0.3) is 0 Å². The van der Waals surface area contributed by atoms with Crippen LogP contribution < -0.4 is 5.32 Å². The zero-order chi connectivity index (χ0) is 20.7. The van der Waals surface area contributed by atoms with Gasteiger partial charge in [-0.05, 0) is 48.9 Å². The first-order valence-electron chi connectivity index (χ1n) is 10.4. The van der Waals surface area contributed by atoms with E-state index in [0.717, 1.165) is 52.9 Å². The van der Waals surface area contributed by atoms with Gasteiger partial charge in [-0.3, -0.25) is 4.79 Å². The van der Waals surface area contributed by atoms with Crippen LogP contribution >= 0.6 is 0 Å². The van der Waals surface area contributed by atoms with Crippen molar-refractivity contribution in [3.8, 4) is 16.8 Å². The van der Waals surface area contributed by atoms with Gasteiger partial charge in [0.1, 0.15) is 0 Å². The summed E-state index contributed by atoms with van der Waals surface area (Å²) in [7, 11) is 2.03. The molecular formula is C24H25N5O. The third kappa shape index (κ3) is 3.39. The molecule has 1 aliphatic rings. The Morgan fingerprint density at radius 2 is 1.97 bits per heavy atom. The van der Waals surface area contributed by atoms with Gasteiger partial charge in [-0.1, -0.05) is 25.1 Å². The van der Waals surface area contributed by atoms with E-state index in [1.807, 2.05) is 36.4 Å². The number of nitrogens with one attached hydrogen (secondary N) is 2. The molecule has 6 nitrogen and oxygen atoms in total. The molecule has 1 saturated heterocycles. The topological polar surface area (TPSA) is 66.0 Å². The third-order valence-corrected chi connectivity index (χ3v) is 5.90. The fourth-order valence-corrected chi connectivity index (χ4v) is 4.00. The molecule has 0 unspecified atom stereocenters. The number of carbonyl (C=O) groups excluding carboxylic acids is 1. The monoisotopic (exact) mass is 399 g/mol. The van der Waals surface area contributed by atoms with E-state index in [1.54, 1.807) is 0 Å². The van der Waals surface area contributed by atoms with E-state index in [0.29, 0.717) is 0 Å². The molecule has 152 valence electrons. The number of aryl methyl sites for hydroxylation is 1. The Kier molecular flexibility index (Phi) is 4.64. The Bertz CT molecular complexity index is 1200. The first kappa shape index (κ1) is 18.6. The van der Waals surface area contributed by atoms with Gasteiger partial charge in [-0.15, -0.1) is 0 Å². The molecule has 0 radical (unpaired) electrons. The van der Waals surface area contributed by atoms with Gasteiger partial charge in [0.05, 0.1) is 23.5 Å². The second-order valence-electron chi connectivity index (χ2n) is 8.06. The van der Waals surface area contributed by atoms with E-state index in [-0.39, 0.29) is 11.8 Å². The lowest BCUT2D eigenvalue weighted by atomic mass is 10.00. The number of aromatic nitrogens is 3. The molecule has 1 fully saturated rings. The number of hydrogen-bond donors (Lipinski definition) is 2. The summed E-state index contributed by atoms with van der Waals surface area (Å²) >= 11 is 0. The summed E-state index contributed by atoms with van der Waals surface area (Å²) in [5.74, 6) is 0.156. The Morgan fingerprint density at radius 3 is 2.70 bits per heavy atom.